The number of likely N-dealkylation sites (N-methyl/N-ethyl adjacent to an activating group) is 1. The number of hydrogen-bond donors (Lipinski definition) is 0. The van der Waals surface area contributed by atoms with Crippen molar-refractivity contribution in [2.45, 2.75) is 0 Å². The van der Waals surface area contributed by atoms with Crippen LogP contribution in [0, 0.1) is 5.82 Å². The van der Waals surface area contributed by atoms with Crippen LogP contribution in [-0.2, 0) is 0 Å². The molecule has 0 spiro atoms. The predicted molar refractivity (Wildman–Crippen MR) is 108 cm³/mol. The molecule has 0 aliphatic carbocycles. The van der Waals surface area contributed by atoms with E-state index in [1.54, 1.807) is 24.5 Å². The van der Waals surface area contributed by atoms with E-state index in [1.165, 1.54) is 6.07 Å². The van der Waals surface area contributed by atoms with Crippen molar-refractivity contribution in [2.24, 2.45) is 0 Å². The van der Waals surface area contributed by atoms with Crippen molar-refractivity contribution in [2.75, 3.05) is 25.1 Å². The normalized spacial score (nSPS) is 10.8. The Bertz CT molecular complexity index is 1070. The van der Waals surface area contributed by atoms with Crippen LogP contribution in [-0.4, -0.2) is 35.2 Å². The zero-order chi connectivity index (χ0) is 19.3. The highest BCUT2D eigenvalue weighted by atomic mass is 19.1. The van der Waals surface area contributed by atoms with Crippen LogP contribution in [0.4, 0.5) is 10.2 Å². The fourth-order valence-electron chi connectivity index (χ4n) is 2.94. The summed E-state index contributed by atoms with van der Waals surface area (Å²) >= 11 is 0. The lowest BCUT2D eigenvalue weighted by Gasteiger charge is -2.21. The van der Waals surface area contributed by atoms with Gasteiger partial charge >= 0.3 is 0 Å². The van der Waals surface area contributed by atoms with Crippen LogP contribution in [0.3, 0.4) is 0 Å². The number of para-hydroxylation sites is 2. The molecule has 5 nitrogen and oxygen atoms in total. The second-order valence-corrected chi connectivity index (χ2v) is 6.33. The average Bonchev–Trinajstić information content (AvgIpc) is 2.75. The maximum absolute atomic E-state index is 14.4. The first kappa shape index (κ1) is 17.9. The third kappa shape index (κ3) is 3.76. The summed E-state index contributed by atoms with van der Waals surface area (Å²) in [6.45, 7) is 1.06. The van der Waals surface area contributed by atoms with Crippen molar-refractivity contribution in [3.63, 3.8) is 0 Å². The number of hydrogen-bond acceptors (Lipinski definition) is 5. The molecule has 2 aromatic heterocycles. The minimum atomic E-state index is -0.375. The third-order valence-corrected chi connectivity index (χ3v) is 4.38. The molecular weight excluding hydrogens is 355 g/mol. The Balaban J connectivity index is 1.65. The van der Waals surface area contributed by atoms with Crippen LogP contribution in [0.1, 0.15) is 0 Å². The Morgan fingerprint density at radius 1 is 0.964 bits per heavy atom. The number of ether oxygens (including phenoxy) is 1. The third-order valence-electron chi connectivity index (χ3n) is 4.38. The van der Waals surface area contributed by atoms with Crippen molar-refractivity contribution in [3.05, 3.63) is 78.9 Å². The van der Waals surface area contributed by atoms with E-state index in [2.05, 4.69) is 9.97 Å². The van der Waals surface area contributed by atoms with Gasteiger partial charge in [0.25, 0.3) is 0 Å². The van der Waals surface area contributed by atoms with Gasteiger partial charge in [0.2, 0.25) is 0 Å². The van der Waals surface area contributed by atoms with E-state index in [0.29, 0.717) is 35.7 Å². The lowest BCUT2D eigenvalue weighted by atomic mass is 10.2. The van der Waals surface area contributed by atoms with E-state index in [4.69, 9.17) is 9.72 Å². The van der Waals surface area contributed by atoms with Crippen LogP contribution in [0.15, 0.2) is 73.1 Å². The van der Waals surface area contributed by atoms with E-state index in [0.717, 1.165) is 11.3 Å². The maximum Gasteiger partial charge on any atom is 0.163 e. The van der Waals surface area contributed by atoms with Crippen molar-refractivity contribution >= 4 is 16.7 Å². The van der Waals surface area contributed by atoms with Gasteiger partial charge in [0.1, 0.15) is 29.5 Å². The Kier molecular flexibility index (Phi) is 5.10. The molecule has 4 aromatic rings. The Labute approximate surface area is 162 Å². The largest absolute Gasteiger partial charge is 0.492 e. The standard InChI is InChI=1S/C22H19FN4O/c1-27(13-14-28-17-8-3-2-4-9-17)22-18-10-5-11-19(23)20(18)25-21(26-22)16-7-6-12-24-15-16/h2-12,15H,13-14H2,1H3. The van der Waals surface area contributed by atoms with Gasteiger partial charge in [-0.25, -0.2) is 14.4 Å². The molecule has 0 unspecified atom stereocenters. The molecule has 4 rings (SSSR count). The smallest absolute Gasteiger partial charge is 0.163 e. The molecular formula is C22H19FN4O. The summed E-state index contributed by atoms with van der Waals surface area (Å²) in [5.74, 6) is 1.53. The second-order valence-electron chi connectivity index (χ2n) is 6.33. The number of anilines is 1. The second kappa shape index (κ2) is 8.00. The molecule has 0 fully saturated rings. The zero-order valence-corrected chi connectivity index (χ0v) is 15.4. The van der Waals surface area contributed by atoms with E-state index in [1.807, 2.05) is 54.4 Å². The van der Waals surface area contributed by atoms with Gasteiger partial charge in [0.15, 0.2) is 5.82 Å². The summed E-state index contributed by atoms with van der Waals surface area (Å²) in [6.07, 6.45) is 3.35. The molecule has 0 aliphatic heterocycles. The van der Waals surface area contributed by atoms with Gasteiger partial charge in [-0.1, -0.05) is 24.3 Å². The first-order chi connectivity index (χ1) is 13.7. The van der Waals surface area contributed by atoms with Gasteiger partial charge in [-0.15, -0.1) is 0 Å². The fraction of sp³-hybridized carbons (Fsp3) is 0.136. The molecule has 140 valence electrons. The number of nitrogens with zero attached hydrogens (tertiary/aromatic N) is 4. The molecule has 0 saturated heterocycles. The summed E-state index contributed by atoms with van der Waals surface area (Å²) in [5, 5.41) is 0.662. The van der Waals surface area contributed by atoms with Crippen molar-refractivity contribution in [1.29, 1.82) is 0 Å². The van der Waals surface area contributed by atoms with E-state index >= 15 is 0 Å². The number of halogens is 1. The van der Waals surface area contributed by atoms with Gasteiger partial charge < -0.3 is 9.64 Å². The minimum Gasteiger partial charge on any atom is -0.492 e. The number of rotatable bonds is 6. The predicted octanol–water partition coefficient (Wildman–Crippen LogP) is 4.35. The summed E-state index contributed by atoms with van der Waals surface area (Å²) in [7, 11) is 1.91. The Hall–Kier alpha value is -3.54. The van der Waals surface area contributed by atoms with E-state index in [-0.39, 0.29) is 5.82 Å². The lowest BCUT2D eigenvalue weighted by molar-refractivity contribution is 0.326. The molecule has 2 aromatic carbocycles. The van der Waals surface area contributed by atoms with Gasteiger partial charge in [-0.2, -0.15) is 0 Å². The summed E-state index contributed by atoms with van der Waals surface area (Å²) in [5.41, 5.74) is 1.03. The highest BCUT2D eigenvalue weighted by molar-refractivity contribution is 5.91. The zero-order valence-electron chi connectivity index (χ0n) is 15.4. The maximum atomic E-state index is 14.4. The first-order valence-corrected chi connectivity index (χ1v) is 8.98. The fourth-order valence-corrected chi connectivity index (χ4v) is 2.94. The number of aromatic nitrogens is 3. The van der Waals surface area contributed by atoms with Gasteiger partial charge in [-0.05, 0) is 36.4 Å². The molecule has 0 bridgehead atoms. The number of benzene rings is 2. The molecule has 0 saturated carbocycles. The van der Waals surface area contributed by atoms with Crippen molar-refractivity contribution < 1.29 is 9.13 Å². The van der Waals surface area contributed by atoms with Crippen LogP contribution in [0.2, 0.25) is 0 Å². The van der Waals surface area contributed by atoms with Gasteiger partial charge in [0, 0.05) is 30.4 Å². The summed E-state index contributed by atoms with van der Waals surface area (Å²) in [4.78, 5) is 15.2. The van der Waals surface area contributed by atoms with E-state index in [9.17, 15) is 4.39 Å². The van der Waals surface area contributed by atoms with Crippen LogP contribution in [0.5, 0.6) is 5.75 Å². The van der Waals surface area contributed by atoms with Gasteiger partial charge in [-0.3, -0.25) is 4.98 Å². The minimum absolute atomic E-state index is 0.294. The molecule has 28 heavy (non-hydrogen) atoms. The topological polar surface area (TPSA) is 51.1 Å². The number of fused-ring (bicyclic) bond motifs is 1. The van der Waals surface area contributed by atoms with Crippen LogP contribution < -0.4 is 9.64 Å². The van der Waals surface area contributed by atoms with E-state index < -0.39 is 0 Å². The number of pyridine rings is 1. The highest BCUT2D eigenvalue weighted by Crippen LogP contribution is 2.28. The molecule has 0 amide bonds. The van der Waals surface area contributed by atoms with Gasteiger partial charge in [0.05, 0.1) is 6.54 Å². The molecule has 0 N–H and O–H groups in total. The summed E-state index contributed by atoms with van der Waals surface area (Å²) in [6, 6.07) is 18.2. The van der Waals surface area contributed by atoms with Crippen LogP contribution >= 0.6 is 0 Å². The monoisotopic (exact) mass is 374 g/mol. The van der Waals surface area contributed by atoms with Crippen molar-refractivity contribution in [3.8, 4) is 17.1 Å². The first-order valence-electron chi connectivity index (χ1n) is 8.98. The Morgan fingerprint density at radius 3 is 2.61 bits per heavy atom. The Morgan fingerprint density at radius 2 is 1.82 bits per heavy atom. The molecule has 6 heteroatoms. The van der Waals surface area contributed by atoms with Crippen molar-refractivity contribution in [1.82, 2.24) is 15.0 Å². The molecule has 2 heterocycles. The SMILES string of the molecule is CN(CCOc1ccccc1)c1nc(-c2cccnc2)nc2c(F)cccc12. The molecule has 0 radical (unpaired) electrons. The lowest BCUT2D eigenvalue weighted by Crippen LogP contribution is -2.25. The quantitative estimate of drug-likeness (QED) is 0.502. The summed E-state index contributed by atoms with van der Waals surface area (Å²) < 4.78 is 20.2. The molecule has 0 aliphatic rings. The van der Waals surface area contributed by atoms with Crippen LogP contribution in [0.25, 0.3) is 22.3 Å². The highest BCUT2D eigenvalue weighted by Gasteiger charge is 2.15. The average molecular weight is 374 g/mol. The molecule has 0 atom stereocenters.